The Morgan fingerprint density at radius 1 is 1.00 bits per heavy atom. The summed E-state index contributed by atoms with van der Waals surface area (Å²) in [5, 5.41) is 2.97. The monoisotopic (exact) mass is 471 g/mol. The van der Waals surface area contributed by atoms with Gasteiger partial charge in [0.2, 0.25) is 5.89 Å². The number of nitrogens with one attached hydrogen (secondary N) is 1. The van der Waals surface area contributed by atoms with Crippen molar-refractivity contribution < 1.29 is 13.6 Å². The van der Waals surface area contributed by atoms with Gasteiger partial charge in [-0.2, -0.15) is 0 Å². The van der Waals surface area contributed by atoms with Gasteiger partial charge in [-0.15, -0.1) is 0 Å². The number of aromatic nitrogens is 1. The summed E-state index contributed by atoms with van der Waals surface area (Å²) in [5.74, 6) is -0.0891. The molecule has 1 aromatic heterocycles. The lowest BCUT2D eigenvalue weighted by atomic mass is 10.0. The number of hydrogen-bond donors (Lipinski definition) is 1. The molecule has 4 rings (SSSR count). The fourth-order valence-electron chi connectivity index (χ4n) is 4.00. The molecule has 0 bridgehead atoms. The van der Waals surface area contributed by atoms with Crippen LogP contribution >= 0.6 is 0 Å². The summed E-state index contributed by atoms with van der Waals surface area (Å²) in [6.07, 6.45) is 1.40. The number of amides is 1. The summed E-state index contributed by atoms with van der Waals surface area (Å²) < 4.78 is 19.1. The minimum atomic E-state index is -0.282. The Morgan fingerprint density at radius 3 is 2.49 bits per heavy atom. The van der Waals surface area contributed by atoms with E-state index in [9.17, 15) is 9.18 Å². The quantitative estimate of drug-likeness (QED) is 0.319. The molecule has 3 aromatic carbocycles. The Hall–Kier alpha value is -3.77. The fraction of sp³-hybridized carbons (Fsp3) is 0.241. The summed E-state index contributed by atoms with van der Waals surface area (Å²) in [5.41, 5.74) is 5.84. The van der Waals surface area contributed by atoms with E-state index in [1.807, 2.05) is 37.3 Å². The van der Waals surface area contributed by atoms with E-state index in [-0.39, 0.29) is 23.5 Å². The molecular formula is C29H30FN3O2. The van der Waals surface area contributed by atoms with Crippen molar-refractivity contribution in [1.29, 1.82) is 0 Å². The Labute approximate surface area is 205 Å². The van der Waals surface area contributed by atoms with E-state index in [2.05, 4.69) is 47.2 Å². The lowest BCUT2D eigenvalue weighted by Gasteiger charge is -2.22. The number of hydrogen-bond acceptors (Lipinski definition) is 4. The number of carbonyl (C=O) groups excluding carboxylic acids is 1. The van der Waals surface area contributed by atoms with E-state index in [1.165, 1.54) is 35.1 Å². The molecular weight excluding hydrogens is 441 g/mol. The van der Waals surface area contributed by atoms with Gasteiger partial charge in [-0.25, -0.2) is 9.37 Å². The first-order chi connectivity index (χ1) is 16.9. The van der Waals surface area contributed by atoms with Gasteiger partial charge in [0.25, 0.3) is 5.91 Å². The van der Waals surface area contributed by atoms with Crippen LogP contribution in [0.1, 0.15) is 57.2 Å². The third-order valence-electron chi connectivity index (χ3n) is 6.01. The zero-order chi connectivity index (χ0) is 24.8. The van der Waals surface area contributed by atoms with Crippen LogP contribution in [0, 0.1) is 19.7 Å². The summed E-state index contributed by atoms with van der Waals surface area (Å²) in [4.78, 5) is 19.4. The van der Waals surface area contributed by atoms with Crippen molar-refractivity contribution in [3.8, 4) is 0 Å². The normalized spacial score (nSPS) is 12.0. The summed E-state index contributed by atoms with van der Waals surface area (Å²) in [6, 6.07) is 22.5. The predicted molar refractivity (Wildman–Crippen MR) is 134 cm³/mol. The molecule has 1 N–H and O–H groups in total. The maximum absolute atomic E-state index is 13.4. The van der Waals surface area contributed by atoms with Crippen LogP contribution in [0.2, 0.25) is 0 Å². The van der Waals surface area contributed by atoms with Crippen molar-refractivity contribution in [3.63, 3.8) is 0 Å². The number of carbonyl (C=O) groups is 1. The number of nitrogens with zero attached hydrogens (tertiary/aromatic N) is 2. The fourth-order valence-corrected chi connectivity index (χ4v) is 4.00. The highest BCUT2D eigenvalue weighted by Gasteiger charge is 2.18. The molecule has 180 valence electrons. The highest BCUT2D eigenvalue weighted by atomic mass is 19.1. The SMILES string of the molecule is Cc1ccc(C)c(CN(Cc2ccc(F)cc2)Cc2nc(C(=O)N[C@H](C)c3ccccc3)co2)c1. The lowest BCUT2D eigenvalue weighted by Crippen LogP contribution is -2.27. The molecule has 6 heteroatoms. The standard InChI is InChI=1S/C29H30FN3O2/c1-20-9-10-21(2)25(15-20)17-33(16-23-11-13-26(30)14-12-23)18-28-32-27(19-35-28)29(34)31-22(3)24-7-5-4-6-8-24/h4-15,19,22H,16-18H2,1-3H3,(H,31,34)/t22-/m1/s1. The Bertz CT molecular complexity index is 1270. The Balaban J connectivity index is 1.48. The molecule has 0 spiro atoms. The van der Waals surface area contributed by atoms with Crippen LogP contribution in [0.15, 0.2) is 83.5 Å². The minimum absolute atomic E-state index is 0.150. The molecule has 0 fully saturated rings. The summed E-state index contributed by atoms with van der Waals surface area (Å²) >= 11 is 0. The third-order valence-corrected chi connectivity index (χ3v) is 6.01. The van der Waals surface area contributed by atoms with Crippen LogP contribution in [0.4, 0.5) is 4.39 Å². The molecule has 0 aliphatic rings. The molecule has 1 amide bonds. The average Bonchev–Trinajstić information content (AvgIpc) is 3.32. The molecule has 0 saturated heterocycles. The Kier molecular flexibility index (Phi) is 7.73. The molecule has 4 aromatic rings. The molecule has 0 radical (unpaired) electrons. The molecule has 0 unspecified atom stereocenters. The highest BCUT2D eigenvalue weighted by Crippen LogP contribution is 2.19. The van der Waals surface area contributed by atoms with Crippen molar-refractivity contribution >= 4 is 5.91 Å². The third kappa shape index (κ3) is 6.64. The average molecular weight is 472 g/mol. The van der Waals surface area contributed by atoms with Crippen LogP contribution in [0.3, 0.4) is 0 Å². The minimum Gasteiger partial charge on any atom is -0.447 e. The van der Waals surface area contributed by atoms with Crippen molar-refractivity contribution in [2.24, 2.45) is 0 Å². The van der Waals surface area contributed by atoms with Gasteiger partial charge < -0.3 is 9.73 Å². The highest BCUT2D eigenvalue weighted by molar-refractivity contribution is 5.92. The zero-order valence-electron chi connectivity index (χ0n) is 20.3. The molecule has 1 atom stereocenters. The van der Waals surface area contributed by atoms with Gasteiger partial charge in [-0.3, -0.25) is 9.69 Å². The number of rotatable bonds is 9. The second-order valence-electron chi connectivity index (χ2n) is 8.93. The van der Waals surface area contributed by atoms with Crippen molar-refractivity contribution in [2.75, 3.05) is 0 Å². The van der Waals surface area contributed by atoms with Crippen molar-refractivity contribution in [2.45, 2.75) is 46.4 Å². The van der Waals surface area contributed by atoms with Gasteiger partial charge in [-0.1, -0.05) is 66.2 Å². The number of benzene rings is 3. The van der Waals surface area contributed by atoms with Gasteiger partial charge in [0.15, 0.2) is 5.69 Å². The van der Waals surface area contributed by atoms with Crippen LogP contribution < -0.4 is 5.32 Å². The van der Waals surface area contributed by atoms with Gasteiger partial charge in [-0.05, 0) is 55.2 Å². The molecule has 0 aliphatic heterocycles. The Morgan fingerprint density at radius 2 is 1.74 bits per heavy atom. The molecule has 0 saturated carbocycles. The first kappa shape index (κ1) is 24.4. The van der Waals surface area contributed by atoms with Gasteiger partial charge >= 0.3 is 0 Å². The summed E-state index contributed by atoms with van der Waals surface area (Å²) in [7, 11) is 0. The summed E-state index contributed by atoms with van der Waals surface area (Å²) in [6.45, 7) is 7.76. The van der Waals surface area contributed by atoms with E-state index in [1.54, 1.807) is 12.1 Å². The van der Waals surface area contributed by atoms with E-state index in [0.29, 0.717) is 25.5 Å². The number of aryl methyl sites for hydroxylation is 2. The van der Waals surface area contributed by atoms with E-state index in [0.717, 1.165) is 11.1 Å². The largest absolute Gasteiger partial charge is 0.447 e. The number of halogens is 1. The predicted octanol–water partition coefficient (Wildman–Crippen LogP) is 6.12. The molecule has 0 aliphatic carbocycles. The second-order valence-corrected chi connectivity index (χ2v) is 8.93. The molecule has 1 heterocycles. The number of oxazole rings is 1. The lowest BCUT2D eigenvalue weighted by molar-refractivity contribution is 0.0934. The van der Waals surface area contributed by atoms with Gasteiger partial charge in [0.1, 0.15) is 12.1 Å². The smallest absolute Gasteiger partial charge is 0.273 e. The topological polar surface area (TPSA) is 58.4 Å². The van der Waals surface area contributed by atoms with Gasteiger partial charge in [0, 0.05) is 13.1 Å². The molecule has 5 nitrogen and oxygen atoms in total. The van der Waals surface area contributed by atoms with Crippen LogP contribution in [0.5, 0.6) is 0 Å². The van der Waals surface area contributed by atoms with Crippen LogP contribution in [-0.4, -0.2) is 15.8 Å². The first-order valence-corrected chi connectivity index (χ1v) is 11.7. The molecule has 35 heavy (non-hydrogen) atoms. The second kappa shape index (κ2) is 11.1. The van der Waals surface area contributed by atoms with E-state index < -0.39 is 0 Å². The van der Waals surface area contributed by atoms with E-state index in [4.69, 9.17) is 4.42 Å². The zero-order valence-corrected chi connectivity index (χ0v) is 20.3. The van der Waals surface area contributed by atoms with Crippen LogP contribution in [-0.2, 0) is 19.6 Å². The van der Waals surface area contributed by atoms with Crippen molar-refractivity contribution in [3.05, 3.63) is 124 Å². The van der Waals surface area contributed by atoms with E-state index >= 15 is 0 Å². The maximum Gasteiger partial charge on any atom is 0.273 e. The van der Waals surface area contributed by atoms with Crippen molar-refractivity contribution in [1.82, 2.24) is 15.2 Å². The first-order valence-electron chi connectivity index (χ1n) is 11.7. The maximum atomic E-state index is 13.4. The van der Waals surface area contributed by atoms with Crippen LogP contribution in [0.25, 0.3) is 0 Å². The van der Waals surface area contributed by atoms with Gasteiger partial charge in [0.05, 0.1) is 12.6 Å².